The molecule has 1 aromatic heterocycles. The summed E-state index contributed by atoms with van der Waals surface area (Å²) >= 11 is 11.8. The van der Waals surface area contributed by atoms with Crippen LogP contribution in [0.5, 0.6) is 5.75 Å². The van der Waals surface area contributed by atoms with E-state index in [1.54, 1.807) is 18.2 Å². The van der Waals surface area contributed by atoms with Gasteiger partial charge in [0.05, 0.1) is 10.7 Å². The Bertz CT molecular complexity index is 1000. The molecule has 1 amide bonds. The van der Waals surface area contributed by atoms with Crippen LogP contribution in [0.25, 0.3) is 0 Å². The molecule has 0 aliphatic heterocycles. The number of amides is 1. The summed E-state index contributed by atoms with van der Waals surface area (Å²) in [5, 5.41) is 3.30. The zero-order valence-corrected chi connectivity index (χ0v) is 16.9. The second kappa shape index (κ2) is 9.49. The summed E-state index contributed by atoms with van der Waals surface area (Å²) in [5.74, 6) is -0.201. The average molecular weight is 434 g/mol. The molecule has 0 aliphatic rings. The average Bonchev–Trinajstić information content (AvgIpc) is 3.18. The summed E-state index contributed by atoms with van der Waals surface area (Å²) in [4.78, 5) is 24.5. The minimum Gasteiger partial charge on any atom is -0.486 e. The number of benzene rings is 2. The van der Waals surface area contributed by atoms with Crippen LogP contribution in [0.15, 0.2) is 65.1 Å². The summed E-state index contributed by atoms with van der Waals surface area (Å²) < 4.78 is 16.1. The highest BCUT2D eigenvalue weighted by Crippen LogP contribution is 2.25. The molecule has 2 aromatic carbocycles. The number of ether oxygens (including phenoxy) is 2. The Labute approximate surface area is 177 Å². The van der Waals surface area contributed by atoms with Crippen molar-refractivity contribution in [3.8, 4) is 5.75 Å². The Balaban J connectivity index is 1.54. The molecule has 0 bridgehead atoms. The number of anilines is 1. The van der Waals surface area contributed by atoms with Crippen LogP contribution in [0.2, 0.25) is 10.0 Å². The molecule has 1 heterocycles. The van der Waals surface area contributed by atoms with E-state index in [1.807, 2.05) is 30.3 Å². The van der Waals surface area contributed by atoms with Gasteiger partial charge in [-0.05, 0) is 49.4 Å². The lowest BCUT2D eigenvalue weighted by atomic mass is 10.3. The van der Waals surface area contributed by atoms with Crippen LogP contribution in [-0.2, 0) is 16.1 Å². The van der Waals surface area contributed by atoms with E-state index in [0.717, 1.165) is 0 Å². The maximum Gasteiger partial charge on any atom is 0.375 e. The lowest BCUT2D eigenvalue weighted by Gasteiger charge is -2.13. The minimum atomic E-state index is -1.07. The number of hydrogen-bond acceptors (Lipinski definition) is 5. The zero-order valence-electron chi connectivity index (χ0n) is 15.4. The fourth-order valence-corrected chi connectivity index (χ4v) is 2.79. The van der Waals surface area contributed by atoms with Gasteiger partial charge in [-0.25, -0.2) is 4.79 Å². The van der Waals surface area contributed by atoms with Crippen LogP contribution < -0.4 is 10.1 Å². The first-order valence-electron chi connectivity index (χ1n) is 8.66. The second-order valence-corrected chi connectivity index (χ2v) is 6.87. The smallest absolute Gasteiger partial charge is 0.375 e. The fraction of sp³-hybridized carbons (Fsp3) is 0.143. The number of furan rings is 1. The zero-order chi connectivity index (χ0) is 20.8. The Morgan fingerprint density at radius 1 is 1.07 bits per heavy atom. The van der Waals surface area contributed by atoms with Gasteiger partial charge in [-0.3, -0.25) is 4.79 Å². The Hall–Kier alpha value is -2.96. The van der Waals surface area contributed by atoms with Crippen molar-refractivity contribution < 1.29 is 23.5 Å². The molecule has 1 N–H and O–H groups in total. The van der Waals surface area contributed by atoms with Gasteiger partial charge in [0.25, 0.3) is 5.91 Å². The lowest BCUT2D eigenvalue weighted by molar-refractivity contribution is -0.123. The van der Waals surface area contributed by atoms with E-state index in [0.29, 0.717) is 22.2 Å². The molecule has 6 nitrogen and oxygen atoms in total. The third kappa shape index (κ3) is 5.76. The van der Waals surface area contributed by atoms with E-state index in [-0.39, 0.29) is 17.4 Å². The molecular formula is C21H17Cl2NO5. The molecule has 29 heavy (non-hydrogen) atoms. The second-order valence-electron chi connectivity index (χ2n) is 6.03. The number of nitrogens with one attached hydrogen (secondary N) is 1. The number of carbonyl (C=O) groups is 2. The molecule has 3 rings (SSSR count). The predicted molar refractivity (Wildman–Crippen MR) is 109 cm³/mol. The van der Waals surface area contributed by atoms with Crippen molar-refractivity contribution in [3.63, 3.8) is 0 Å². The van der Waals surface area contributed by atoms with Gasteiger partial charge in [0, 0.05) is 5.02 Å². The van der Waals surface area contributed by atoms with Crippen molar-refractivity contribution in [1.29, 1.82) is 0 Å². The standard InChI is InChI=1S/C21H17Cl2NO5/c1-13(20(25)24-18-9-7-14(22)11-17(18)23)28-21(26)19-10-8-16(29-19)12-27-15-5-3-2-4-6-15/h2-11,13H,12H2,1H3,(H,24,25). The number of hydrogen-bond donors (Lipinski definition) is 1. The van der Waals surface area contributed by atoms with Gasteiger partial charge in [0.1, 0.15) is 18.1 Å². The van der Waals surface area contributed by atoms with E-state index in [9.17, 15) is 9.59 Å². The fourth-order valence-electron chi connectivity index (χ4n) is 2.33. The largest absolute Gasteiger partial charge is 0.486 e. The number of halogens is 2. The van der Waals surface area contributed by atoms with Gasteiger partial charge in [-0.15, -0.1) is 0 Å². The number of carbonyl (C=O) groups excluding carboxylic acids is 2. The molecule has 0 saturated carbocycles. The van der Waals surface area contributed by atoms with Gasteiger partial charge >= 0.3 is 5.97 Å². The molecule has 0 saturated heterocycles. The van der Waals surface area contributed by atoms with Crippen molar-refractivity contribution in [2.24, 2.45) is 0 Å². The number of esters is 1. The topological polar surface area (TPSA) is 77.8 Å². The summed E-state index contributed by atoms with van der Waals surface area (Å²) in [6.45, 7) is 1.60. The highest BCUT2D eigenvalue weighted by Gasteiger charge is 2.22. The van der Waals surface area contributed by atoms with Crippen molar-refractivity contribution in [1.82, 2.24) is 0 Å². The van der Waals surface area contributed by atoms with Crippen LogP contribution >= 0.6 is 23.2 Å². The summed E-state index contributed by atoms with van der Waals surface area (Å²) in [7, 11) is 0. The number of para-hydroxylation sites is 1. The van der Waals surface area contributed by atoms with E-state index >= 15 is 0 Å². The van der Waals surface area contributed by atoms with Crippen LogP contribution in [0.3, 0.4) is 0 Å². The molecular weight excluding hydrogens is 417 g/mol. The third-order valence-corrected chi connectivity index (χ3v) is 4.38. The highest BCUT2D eigenvalue weighted by atomic mass is 35.5. The quantitative estimate of drug-likeness (QED) is 0.508. The molecule has 1 atom stereocenters. The van der Waals surface area contributed by atoms with Crippen molar-refractivity contribution in [3.05, 3.63) is 82.2 Å². The Kier molecular flexibility index (Phi) is 6.80. The summed E-state index contributed by atoms with van der Waals surface area (Å²) in [6.07, 6.45) is -1.07. The Morgan fingerprint density at radius 3 is 2.55 bits per heavy atom. The molecule has 3 aromatic rings. The first-order chi connectivity index (χ1) is 13.9. The minimum absolute atomic E-state index is 0.0270. The van der Waals surface area contributed by atoms with Crippen molar-refractivity contribution in [2.45, 2.75) is 19.6 Å². The van der Waals surface area contributed by atoms with Gasteiger partial charge in [0.15, 0.2) is 6.10 Å². The first-order valence-corrected chi connectivity index (χ1v) is 9.41. The molecule has 0 radical (unpaired) electrons. The Morgan fingerprint density at radius 2 is 1.83 bits per heavy atom. The van der Waals surface area contributed by atoms with Crippen molar-refractivity contribution >= 4 is 40.8 Å². The van der Waals surface area contributed by atoms with E-state index in [2.05, 4.69) is 5.32 Å². The highest BCUT2D eigenvalue weighted by molar-refractivity contribution is 6.36. The van der Waals surface area contributed by atoms with E-state index < -0.39 is 18.0 Å². The van der Waals surface area contributed by atoms with Crippen molar-refractivity contribution in [2.75, 3.05) is 5.32 Å². The maximum atomic E-state index is 12.3. The third-order valence-electron chi connectivity index (χ3n) is 3.83. The monoisotopic (exact) mass is 433 g/mol. The molecule has 0 spiro atoms. The van der Waals surface area contributed by atoms with Crippen LogP contribution in [-0.4, -0.2) is 18.0 Å². The summed E-state index contributed by atoms with van der Waals surface area (Å²) in [6, 6.07) is 16.9. The van der Waals surface area contributed by atoms with Gasteiger partial charge in [0.2, 0.25) is 5.76 Å². The normalized spacial score (nSPS) is 11.6. The van der Waals surface area contributed by atoms with Gasteiger partial charge in [-0.1, -0.05) is 41.4 Å². The molecule has 0 fully saturated rings. The maximum absolute atomic E-state index is 12.3. The van der Waals surface area contributed by atoms with Crippen LogP contribution in [0.1, 0.15) is 23.2 Å². The number of rotatable bonds is 7. The van der Waals surface area contributed by atoms with Crippen LogP contribution in [0, 0.1) is 0 Å². The predicted octanol–water partition coefficient (Wildman–Crippen LogP) is 5.35. The molecule has 0 aliphatic carbocycles. The van der Waals surface area contributed by atoms with Gasteiger partial charge in [-0.2, -0.15) is 0 Å². The van der Waals surface area contributed by atoms with E-state index in [1.165, 1.54) is 19.1 Å². The molecule has 1 unspecified atom stereocenters. The van der Waals surface area contributed by atoms with Gasteiger partial charge < -0.3 is 19.2 Å². The van der Waals surface area contributed by atoms with Crippen LogP contribution in [0.4, 0.5) is 5.69 Å². The van der Waals surface area contributed by atoms with E-state index in [4.69, 9.17) is 37.1 Å². The SMILES string of the molecule is CC(OC(=O)c1ccc(COc2ccccc2)o1)C(=O)Nc1ccc(Cl)cc1Cl. The molecule has 150 valence electrons. The lowest BCUT2D eigenvalue weighted by Crippen LogP contribution is -2.30. The molecule has 8 heteroatoms. The summed E-state index contributed by atoms with van der Waals surface area (Å²) in [5.41, 5.74) is 0.363. The first kappa shape index (κ1) is 20.8.